The highest BCUT2D eigenvalue weighted by atomic mass is 19.1. The molecule has 0 radical (unpaired) electrons. The van der Waals surface area contributed by atoms with Crippen molar-refractivity contribution in [3.8, 4) is 0 Å². The van der Waals surface area contributed by atoms with E-state index < -0.39 is 0 Å². The second-order valence-electron chi connectivity index (χ2n) is 9.98. The fraction of sp³-hybridized carbons (Fsp3) is 0.806. The summed E-state index contributed by atoms with van der Waals surface area (Å²) in [5.74, 6) is 0. The summed E-state index contributed by atoms with van der Waals surface area (Å²) in [6.07, 6.45) is 24.2. The smallest absolute Gasteiger partial charge is 0.0894 e. The summed E-state index contributed by atoms with van der Waals surface area (Å²) in [5.41, 5.74) is 1.24. The molecule has 0 bridgehead atoms. The largest absolute Gasteiger partial charge is 0.379 e. The second-order valence-corrected chi connectivity index (χ2v) is 9.98. The average Bonchev–Trinajstić information content (AvgIpc) is 2.87. The average molecular weight is 479 g/mol. The zero-order chi connectivity index (χ0) is 24.4. The Labute approximate surface area is 211 Å². The van der Waals surface area contributed by atoms with Crippen molar-refractivity contribution in [2.24, 2.45) is 0 Å². The molecule has 0 fully saturated rings. The highest BCUT2D eigenvalue weighted by Crippen LogP contribution is 2.14. The van der Waals surface area contributed by atoms with Gasteiger partial charge in [-0.05, 0) is 24.8 Å². The Morgan fingerprint density at radius 1 is 0.647 bits per heavy atom. The van der Waals surface area contributed by atoms with E-state index in [4.69, 9.17) is 9.47 Å². The third-order valence-corrected chi connectivity index (χ3v) is 6.68. The quantitative estimate of drug-likeness (QED) is 0.123. The van der Waals surface area contributed by atoms with Crippen LogP contribution in [0.25, 0.3) is 0 Å². The highest BCUT2D eigenvalue weighted by molar-refractivity contribution is 5.13. The van der Waals surface area contributed by atoms with Crippen molar-refractivity contribution in [1.29, 1.82) is 0 Å². The number of hydrogen-bond donors (Lipinski definition) is 0. The van der Waals surface area contributed by atoms with Crippen LogP contribution in [0.5, 0.6) is 0 Å². The van der Waals surface area contributed by atoms with E-state index in [1.54, 1.807) is 0 Å². The molecular weight excluding hydrogens is 423 g/mol. The molecule has 0 aliphatic heterocycles. The SMILES string of the molecule is CCCCCC(COCCCCCCCCCCCCCCCCCF)OCc1ccccc1. The van der Waals surface area contributed by atoms with Gasteiger partial charge in [0.25, 0.3) is 0 Å². The summed E-state index contributed by atoms with van der Waals surface area (Å²) < 4.78 is 24.2. The van der Waals surface area contributed by atoms with E-state index in [-0.39, 0.29) is 12.8 Å². The number of ether oxygens (including phenoxy) is 2. The minimum atomic E-state index is -0.140. The Bertz CT molecular complexity index is 507. The first kappa shape index (κ1) is 31.1. The number of benzene rings is 1. The van der Waals surface area contributed by atoms with Crippen molar-refractivity contribution >= 4 is 0 Å². The van der Waals surface area contributed by atoms with Gasteiger partial charge in [-0.1, -0.05) is 140 Å². The lowest BCUT2D eigenvalue weighted by Gasteiger charge is -2.18. The lowest BCUT2D eigenvalue weighted by atomic mass is 10.0. The van der Waals surface area contributed by atoms with Crippen molar-refractivity contribution in [3.63, 3.8) is 0 Å². The Morgan fingerprint density at radius 3 is 1.71 bits per heavy atom. The molecule has 34 heavy (non-hydrogen) atoms. The lowest BCUT2D eigenvalue weighted by Crippen LogP contribution is -2.20. The molecule has 0 spiro atoms. The molecule has 3 heteroatoms. The minimum Gasteiger partial charge on any atom is -0.379 e. The summed E-state index contributed by atoms with van der Waals surface area (Å²) in [6, 6.07) is 10.5. The zero-order valence-electron chi connectivity index (χ0n) is 22.4. The number of alkyl halides is 1. The standard InChI is InChI=1S/C31H55FO2/c1-2-3-18-25-31(34-28-30-23-19-17-20-24-30)29-33-27-22-16-14-12-10-8-6-4-5-7-9-11-13-15-21-26-32/h17,19-20,23-24,31H,2-16,18,21-22,25-29H2,1H3. The molecule has 0 aromatic heterocycles. The summed E-state index contributed by atoms with van der Waals surface area (Å²) in [4.78, 5) is 0. The molecule has 0 N–H and O–H groups in total. The molecule has 198 valence electrons. The molecule has 0 saturated heterocycles. The molecule has 0 amide bonds. The van der Waals surface area contributed by atoms with Crippen LogP contribution in [0.15, 0.2) is 30.3 Å². The van der Waals surface area contributed by atoms with Gasteiger partial charge in [0.1, 0.15) is 0 Å². The van der Waals surface area contributed by atoms with Crippen LogP contribution in [-0.4, -0.2) is 26.0 Å². The van der Waals surface area contributed by atoms with Crippen LogP contribution in [0.3, 0.4) is 0 Å². The lowest BCUT2D eigenvalue weighted by molar-refractivity contribution is -0.0302. The molecule has 1 aromatic carbocycles. The molecule has 1 aromatic rings. The molecule has 0 aliphatic carbocycles. The third kappa shape index (κ3) is 20.4. The van der Waals surface area contributed by atoms with E-state index in [2.05, 4.69) is 37.3 Å². The maximum atomic E-state index is 12.0. The number of halogens is 1. The molecule has 0 saturated carbocycles. The van der Waals surface area contributed by atoms with Gasteiger partial charge in [0.05, 0.1) is 26.0 Å². The summed E-state index contributed by atoms with van der Waals surface area (Å²) in [5, 5.41) is 0. The van der Waals surface area contributed by atoms with Crippen LogP contribution in [-0.2, 0) is 16.1 Å². The maximum absolute atomic E-state index is 12.0. The summed E-state index contributed by atoms with van der Waals surface area (Å²) in [7, 11) is 0. The van der Waals surface area contributed by atoms with E-state index in [1.165, 1.54) is 108 Å². The fourth-order valence-corrected chi connectivity index (χ4v) is 4.44. The Balaban J connectivity index is 1.90. The Hall–Kier alpha value is -0.930. The van der Waals surface area contributed by atoms with Crippen LogP contribution in [0, 0.1) is 0 Å². The van der Waals surface area contributed by atoms with Crippen molar-refractivity contribution in [3.05, 3.63) is 35.9 Å². The maximum Gasteiger partial charge on any atom is 0.0894 e. The predicted octanol–water partition coefficient (Wildman–Crippen LogP) is 9.99. The second kappa shape index (κ2) is 25.2. The van der Waals surface area contributed by atoms with Gasteiger partial charge in [-0.2, -0.15) is 0 Å². The van der Waals surface area contributed by atoms with E-state index in [9.17, 15) is 4.39 Å². The van der Waals surface area contributed by atoms with Gasteiger partial charge >= 0.3 is 0 Å². The van der Waals surface area contributed by atoms with Gasteiger partial charge in [-0.3, -0.25) is 4.39 Å². The van der Waals surface area contributed by atoms with Crippen molar-refractivity contribution < 1.29 is 13.9 Å². The number of unbranched alkanes of at least 4 members (excludes halogenated alkanes) is 16. The first-order valence-electron chi connectivity index (χ1n) is 14.7. The summed E-state index contributed by atoms with van der Waals surface area (Å²) >= 11 is 0. The first-order chi connectivity index (χ1) is 16.9. The molecule has 0 aliphatic rings. The van der Waals surface area contributed by atoms with Gasteiger partial charge in [0, 0.05) is 6.61 Å². The minimum absolute atomic E-state index is 0.140. The van der Waals surface area contributed by atoms with Crippen LogP contribution in [0.2, 0.25) is 0 Å². The van der Waals surface area contributed by atoms with Crippen LogP contribution in [0.4, 0.5) is 4.39 Å². The van der Waals surface area contributed by atoms with Crippen LogP contribution < -0.4 is 0 Å². The Kier molecular flexibility index (Phi) is 23.0. The molecule has 0 heterocycles. The van der Waals surface area contributed by atoms with Gasteiger partial charge in [-0.15, -0.1) is 0 Å². The van der Waals surface area contributed by atoms with Crippen molar-refractivity contribution in [2.75, 3.05) is 19.9 Å². The molecular formula is C31H55FO2. The monoisotopic (exact) mass is 478 g/mol. The van der Waals surface area contributed by atoms with E-state index in [0.29, 0.717) is 6.61 Å². The molecule has 1 atom stereocenters. The van der Waals surface area contributed by atoms with Crippen molar-refractivity contribution in [2.45, 2.75) is 142 Å². The van der Waals surface area contributed by atoms with Gasteiger partial charge in [0.2, 0.25) is 0 Å². The van der Waals surface area contributed by atoms with Crippen LogP contribution >= 0.6 is 0 Å². The fourth-order valence-electron chi connectivity index (χ4n) is 4.44. The topological polar surface area (TPSA) is 18.5 Å². The van der Waals surface area contributed by atoms with Gasteiger partial charge in [-0.25, -0.2) is 0 Å². The third-order valence-electron chi connectivity index (χ3n) is 6.68. The number of rotatable bonds is 26. The molecule has 2 nitrogen and oxygen atoms in total. The zero-order valence-corrected chi connectivity index (χ0v) is 22.4. The molecule has 1 rings (SSSR count). The van der Waals surface area contributed by atoms with E-state index in [0.717, 1.165) is 32.5 Å². The number of hydrogen-bond acceptors (Lipinski definition) is 2. The molecule has 1 unspecified atom stereocenters. The van der Waals surface area contributed by atoms with Gasteiger partial charge in [0.15, 0.2) is 0 Å². The summed E-state index contributed by atoms with van der Waals surface area (Å²) in [6.45, 7) is 4.39. The first-order valence-corrected chi connectivity index (χ1v) is 14.7. The van der Waals surface area contributed by atoms with E-state index >= 15 is 0 Å². The highest BCUT2D eigenvalue weighted by Gasteiger charge is 2.10. The van der Waals surface area contributed by atoms with Gasteiger partial charge < -0.3 is 9.47 Å². The van der Waals surface area contributed by atoms with Crippen LogP contribution in [0.1, 0.15) is 134 Å². The predicted molar refractivity (Wildman–Crippen MR) is 145 cm³/mol. The normalized spacial score (nSPS) is 12.3. The Morgan fingerprint density at radius 2 is 1.18 bits per heavy atom. The van der Waals surface area contributed by atoms with Crippen molar-refractivity contribution in [1.82, 2.24) is 0 Å². The van der Waals surface area contributed by atoms with E-state index in [1.807, 2.05) is 0 Å².